The fourth-order valence-electron chi connectivity index (χ4n) is 1.51. The predicted molar refractivity (Wildman–Crippen MR) is 71.8 cm³/mol. The summed E-state index contributed by atoms with van der Waals surface area (Å²) in [7, 11) is 4.57. The van der Waals surface area contributed by atoms with Crippen LogP contribution in [-0.2, 0) is 4.79 Å². The van der Waals surface area contributed by atoms with Gasteiger partial charge in [0.1, 0.15) is 6.04 Å². The molecule has 5 N–H and O–H groups in total. The van der Waals surface area contributed by atoms with E-state index in [-0.39, 0.29) is 6.54 Å². The van der Waals surface area contributed by atoms with E-state index in [1.165, 1.54) is 21.3 Å². The lowest BCUT2D eigenvalue weighted by molar-refractivity contribution is -0.118. The van der Waals surface area contributed by atoms with E-state index in [9.17, 15) is 4.79 Å². The van der Waals surface area contributed by atoms with Crippen LogP contribution in [0.1, 0.15) is 0 Å². The zero-order valence-corrected chi connectivity index (χ0v) is 11.2. The molecule has 0 saturated carbocycles. The molecule has 19 heavy (non-hydrogen) atoms. The highest BCUT2D eigenvalue weighted by molar-refractivity contribution is 5.80. The maximum atomic E-state index is 10.9. The minimum Gasteiger partial charge on any atom is -0.493 e. The molecule has 1 aromatic rings. The van der Waals surface area contributed by atoms with Gasteiger partial charge < -0.3 is 31.0 Å². The van der Waals surface area contributed by atoms with Crippen LogP contribution in [0.15, 0.2) is 12.1 Å². The highest BCUT2D eigenvalue weighted by Gasteiger charge is 2.14. The van der Waals surface area contributed by atoms with Crippen molar-refractivity contribution < 1.29 is 19.0 Å². The summed E-state index contributed by atoms with van der Waals surface area (Å²) < 4.78 is 15.6. The van der Waals surface area contributed by atoms with Crippen LogP contribution in [0.2, 0.25) is 0 Å². The number of carbonyl (C=O) groups is 1. The van der Waals surface area contributed by atoms with Gasteiger partial charge in [-0.25, -0.2) is 0 Å². The third-order valence-corrected chi connectivity index (χ3v) is 2.56. The lowest BCUT2D eigenvalue weighted by Gasteiger charge is -2.16. The summed E-state index contributed by atoms with van der Waals surface area (Å²) in [6.45, 7) is 0.216. The molecule has 106 valence electrons. The number of amides is 1. The molecule has 1 aromatic carbocycles. The van der Waals surface area contributed by atoms with E-state index in [4.69, 9.17) is 25.7 Å². The fourth-order valence-corrected chi connectivity index (χ4v) is 1.51. The Hall–Kier alpha value is -2.15. The maximum Gasteiger partial charge on any atom is 0.236 e. The summed E-state index contributed by atoms with van der Waals surface area (Å²) in [5.41, 5.74) is 11.3. The SMILES string of the molecule is COc1cc(NCC(N)C(N)=O)cc(OC)c1OC. The molecular formula is C12H19N3O4. The van der Waals surface area contributed by atoms with Gasteiger partial charge in [0.2, 0.25) is 11.7 Å². The van der Waals surface area contributed by atoms with Crippen molar-refractivity contribution in [2.24, 2.45) is 11.5 Å². The van der Waals surface area contributed by atoms with Crippen LogP contribution in [0.5, 0.6) is 17.2 Å². The molecule has 0 aliphatic heterocycles. The lowest BCUT2D eigenvalue weighted by atomic mass is 10.2. The van der Waals surface area contributed by atoms with Crippen LogP contribution >= 0.6 is 0 Å². The van der Waals surface area contributed by atoms with Crippen LogP contribution in [0.25, 0.3) is 0 Å². The average Bonchev–Trinajstić information content (AvgIpc) is 2.42. The molecule has 1 amide bonds. The quantitative estimate of drug-likeness (QED) is 0.639. The number of nitrogens with two attached hydrogens (primary N) is 2. The van der Waals surface area contributed by atoms with E-state index in [1.54, 1.807) is 12.1 Å². The number of anilines is 1. The number of ether oxygens (including phenoxy) is 3. The van der Waals surface area contributed by atoms with Crippen molar-refractivity contribution in [3.8, 4) is 17.2 Å². The highest BCUT2D eigenvalue weighted by atomic mass is 16.5. The molecule has 7 heteroatoms. The molecule has 0 aliphatic rings. The van der Waals surface area contributed by atoms with Crippen LogP contribution in [-0.4, -0.2) is 39.8 Å². The minimum atomic E-state index is -0.765. The van der Waals surface area contributed by atoms with Gasteiger partial charge in [0, 0.05) is 24.4 Å². The third kappa shape index (κ3) is 3.65. The van der Waals surface area contributed by atoms with Crippen LogP contribution < -0.4 is 31.0 Å². The molecule has 0 aromatic heterocycles. The summed E-state index contributed by atoms with van der Waals surface area (Å²) >= 11 is 0. The molecule has 1 unspecified atom stereocenters. The number of methoxy groups -OCH3 is 3. The topological polar surface area (TPSA) is 109 Å². The molecule has 0 heterocycles. The Bertz CT molecular complexity index is 426. The van der Waals surface area contributed by atoms with Crippen molar-refractivity contribution in [3.63, 3.8) is 0 Å². The Morgan fingerprint density at radius 1 is 1.21 bits per heavy atom. The second kappa shape index (κ2) is 6.69. The molecule has 1 rings (SSSR count). The summed E-state index contributed by atoms with van der Waals surface area (Å²) in [4.78, 5) is 10.9. The van der Waals surface area contributed by atoms with Crippen molar-refractivity contribution in [2.75, 3.05) is 33.2 Å². The summed E-state index contributed by atoms with van der Waals surface area (Å²) in [5.74, 6) is 0.948. The molecule has 0 saturated heterocycles. The Kier molecular flexibility index (Phi) is 5.25. The van der Waals surface area contributed by atoms with Gasteiger partial charge in [0.25, 0.3) is 0 Å². The van der Waals surface area contributed by atoms with E-state index in [2.05, 4.69) is 5.32 Å². The number of hydrogen-bond acceptors (Lipinski definition) is 6. The largest absolute Gasteiger partial charge is 0.493 e. The van der Waals surface area contributed by atoms with E-state index in [0.29, 0.717) is 22.9 Å². The third-order valence-electron chi connectivity index (χ3n) is 2.56. The second-order valence-corrected chi connectivity index (χ2v) is 3.80. The van der Waals surface area contributed by atoms with E-state index < -0.39 is 11.9 Å². The van der Waals surface area contributed by atoms with E-state index in [1.807, 2.05) is 0 Å². The first-order chi connectivity index (χ1) is 9.03. The summed E-state index contributed by atoms with van der Waals surface area (Å²) in [6.07, 6.45) is 0. The van der Waals surface area contributed by atoms with Crippen molar-refractivity contribution in [2.45, 2.75) is 6.04 Å². The Balaban J connectivity index is 2.93. The first kappa shape index (κ1) is 14.9. The molecule has 0 fully saturated rings. The Morgan fingerprint density at radius 2 is 1.74 bits per heavy atom. The number of primary amides is 1. The van der Waals surface area contributed by atoms with Gasteiger partial charge in [0.05, 0.1) is 21.3 Å². The smallest absolute Gasteiger partial charge is 0.236 e. The van der Waals surface area contributed by atoms with Crippen molar-refractivity contribution in [1.29, 1.82) is 0 Å². The molecule has 7 nitrogen and oxygen atoms in total. The normalized spacial score (nSPS) is 11.6. The molecule has 1 atom stereocenters. The van der Waals surface area contributed by atoms with Crippen molar-refractivity contribution in [3.05, 3.63) is 12.1 Å². The van der Waals surface area contributed by atoms with Gasteiger partial charge in [-0.15, -0.1) is 0 Å². The van der Waals surface area contributed by atoms with E-state index >= 15 is 0 Å². The lowest BCUT2D eigenvalue weighted by Crippen LogP contribution is -2.41. The number of nitrogens with one attached hydrogen (secondary N) is 1. The first-order valence-corrected chi connectivity index (χ1v) is 5.62. The van der Waals surface area contributed by atoms with Gasteiger partial charge in [-0.2, -0.15) is 0 Å². The Morgan fingerprint density at radius 3 is 2.11 bits per heavy atom. The summed E-state index contributed by atoms with van der Waals surface area (Å²) in [6, 6.07) is 2.67. The van der Waals surface area contributed by atoms with Gasteiger partial charge in [-0.05, 0) is 0 Å². The van der Waals surface area contributed by atoms with Gasteiger partial charge in [0.15, 0.2) is 11.5 Å². The molecule has 0 bridgehead atoms. The monoisotopic (exact) mass is 269 g/mol. The van der Waals surface area contributed by atoms with Crippen molar-refractivity contribution >= 4 is 11.6 Å². The predicted octanol–water partition coefficient (Wildman–Crippen LogP) is -0.0631. The number of benzene rings is 1. The Labute approximate surface area is 111 Å². The molecule has 0 spiro atoms. The van der Waals surface area contributed by atoms with Gasteiger partial charge >= 0.3 is 0 Å². The van der Waals surface area contributed by atoms with Gasteiger partial charge in [-0.1, -0.05) is 0 Å². The zero-order valence-electron chi connectivity index (χ0n) is 11.2. The second-order valence-electron chi connectivity index (χ2n) is 3.80. The molecule has 0 radical (unpaired) electrons. The van der Waals surface area contributed by atoms with Crippen LogP contribution in [0, 0.1) is 0 Å². The number of hydrogen-bond donors (Lipinski definition) is 3. The van der Waals surface area contributed by atoms with Crippen LogP contribution in [0.3, 0.4) is 0 Å². The van der Waals surface area contributed by atoms with Crippen molar-refractivity contribution in [1.82, 2.24) is 0 Å². The molecule has 0 aliphatic carbocycles. The standard InChI is InChI=1S/C12H19N3O4/c1-17-9-4-7(15-6-8(13)12(14)16)5-10(18-2)11(9)19-3/h4-5,8,15H,6,13H2,1-3H3,(H2,14,16). The minimum absolute atomic E-state index is 0.216. The van der Waals surface area contributed by atoms with E-state index in [0.717, 1.165) is 0 Å². The maximum absolute atomic E-state index is 10.9. The zero-order chi connectivity index (χ0) is 14.4. The number of carbonyl (C=O) groups excluding carboxylic acids is 1. The number of rotatable bonds is 7. The van der Waals surface area contributed by atoms with Crippen LogP contribution in [0.4, 0.5) is 5.69 Å². The highest BCUT2D eigenvalue weighted by Crippen LogP contribution is 2.39. The van der Waals surface area contributed by atoms with Gasteiger partial charge in [-0.3, -0.25) is 4.79 Å². The summed E-state index contributed by atoms with van der Waals surface area (Å²) in [5, 5.41) is 2.99. The first-order valence-electron chi connectivity index (χ1n) is 5.62. The fraction of sp³-hybridized carbons (Fsp3) is 0.417. The molecular weight excluding hydrogens is 250 g/mol. The average molecular weight is 269 g/mol.